The molecular weight excluding hydrogens is 534 g/mol. The molecule has 0 aromatic heterocycles. The molecule has 0 aliphatic carbocycles. The maximum absolute atomic E-state index is 12.5. The maximum Gasteiger partial charge on any atom is 0.306 e. The molecule has 0 aliphatic heterocycles. The van der Waals surface area contributed by atoms with Crippen molar-refractivity contribution < 1.29 is 38.2 Å². The van der Waals surface area contributed by atoms with Crippen molar-refractivity contribution in [2.24, 2.45) is 0 Å². The molecule has 0 heterocycles. The number of carboxylic acids is 1. The molecule has 0 saturated carbocycles. The molecule has 0 bridgehead atoms. The molecule has 0 rings (SSSR count). The number of unbranched alkanes of at least 4 members (excludes halogenated alkanes) is 13. The van der Waals surface area contributed by atoms with Gasteiger partial charge >= 0.3 is 11.9 Å². The van der Waals surface area contributed by atoms with Crippen LogP contribution < -0.4 is 5.11 Å². The Morgan fingerprint density at radius 2 is 1.21 bits per heavy atom. The van der Waals surface area contributed by atoms with E-state index >= 15 is 0 Å². The molecule has 2 unspecified atom stereocenters. The number of quaternary nitrogens is 1. The van der Waals surface area contributed by atoms with E-state index < -0.39 is 18.1 Å². The molecule has 0 aromatic rings. The minimum atomic E-state index is -1.13. The number of hydrogen-bond donors (Lipinski definition) is 0. The fraction of sp³-hybridized carbons (Fsp3) is 0.853. The molecule has 0 fully saturated rings. The van der Waals surface area contributed by atoms with Gasteiger partial charge in [0.1, 0.15) is 12.6 Å². The number of esters is 2. The normalized spacial score (nSPS) is 13.3. The number of aliphatic carboxylic acids is 1. The lowest BCUT2D eigenvalue weighted by Crippen LogP contribution is -2.55. The summed E-state index contributed by atoms with van der Waals surface area (Å²) in [5.74, 6) is -1.76. The Kier molecular flexibility index (Phi) is 25.5. The number of nitrogens with zero attached hydrogens (tertiary/aromatic N) is 1. The van der Waals surface area contributed by atoms with E-state index in [1.54, 1.807) is 21.1 Å². The van der Waals surface area contributed by atoms with Gasteiger partial charge in [0.2, 0.25) is 0 Å². The molecule has 0 aromatic carbocycles. The molecular formula is C34H63NO7. The molecule has 0 aliphatic rings. The number of carbonyl (C=O) groups excluding carboxylic acids is 3. The lowest BCUT2D eigenvalue weighted by molar-refractivity contribution is -0.889. The van der Waals surface area contributed by atoms with E-state index in [-0.39, 0.29) is 42.7 Å². The molecule has 8 heteroatoms. The lowest BCUT2D eigenvalue weighted by Gasteiger charge is -2.34. The zero-order chi connectivity index (χ0) is 31.5. The summed E-state index contributed by atoms with van der Waals surface area (Å²) in [7, 11) is 5.38. The second-order valence-corrected chi connectivity index (χ2v) is 12.4. The third-order valence-corrected chi connectivity index (χ3v) is 7.40. The van der Waals surface area contributed by atoms with Crippen LogP contribution in [0.25, 0.3) is 0 Å². The summed E-state index contributed by atoms with van der Waals surface area (Å²) in [4.78, 5) is 36.3. The van der Waals surface area contributed by atoms with Crippen molar-refractivity contribution in [3.63, 3.8) is 0 Å². The highest BCUT2D eigenvalue weighted by Gasteiger charge is 2.25. The molecule has 0 radical (unpaired) electrons. The molecule has 2 atom stereocenters. The molecule has 42 heavy (non-hydrogen) atoms. The van der Waals surface area contributed by atoms with Gasteiger partial charge in [-0.1, -0.05) is 96.6 Å². The number of likely N-dealkylation sites (N-methyl/N-ethyl adjacent to an activating group) is 1. The summed E-state index contributed by atoms with van der Waals surface area (Å²) in [6.45, 7) is 4.54. The lowest BCUT2D eigenvalue weighted by atomic mass is 10.1. The van der Waals surface area contributed by atoms with Gasteiger partial charge in [0.05, 0.1) is 40.3 Å². The van der Waals surface area contributed by atoms with Crippen molar-refractivity contribution in [2.45, 2.75) is 148 Å². The van der Waals surface area contributed by atoms with E-state index in [2.05, 4.69) is 26.0 Å². The van der Waals surface area contributed by atoms with Gasteiger partial charge in [-0.25, -0.2) is 0 Å². The van der Waals surface area contributed by atoms with Gasteiger partial charge in [0, 0.05) is 19.3 Å². The number of carbonyl (C=O) groups is 3. The van der Waals surface area contributed by atoms with Crippen LogP contribution in [0, 0.1) is 0 Å². The minimum absolute atomic E-state index is 0.0415. The SMILES string of the molecule is CCCC/C=C/CCCCCCCC(=O)OCC(COCCC(C(=O)[O-])[N+](C)(C)C)OC(=O)CCCCCCCCC. The van der Waals surface area contributed by atoms with Crippen LogP contribution in [-0.4, -0.2) is 75.5 Å². The predicted molar refractivity (Wildman–Crippen MR) is 167 cm³/mol. The summed E-state index contributed by atoms with van der Waals surface area (Å²) in [6, 6.07) is -0.719. The Hall–Kier alpha value is -1.93. The zero-order valence-corrected chi connectivity index (χ0v) is 27.7. The van der Waals surface area contributed by atoms with Gasteiger partial charge in [-0.05, 0) is 32.1 Å². The number of rotatable bonds is 29. The van der Waals surface area contributed by atoms with Crippen LogP contribution in [0.2, 0.25) is 0 Å². The first kappa shape index (κ1) is 40.1. The first-order valence-corrected chi connectivity index (χ1v) is 16.7. The summed E-state index contributed by atoms with van der Waals surface area (Å²) >= 11 is 0. The number of ether oxygens (including phenoxy) is 3. The van der Waals surface area contributed by atoms with E-state index in [0.717, 1.165) is 51.4 Å². The van der Waals surface area contributed by atoms with Crippen molar-refractivity contribution in [3.8, 4) is 0 Å². The van der Waals surface area contributed by atoms with E-state index in [4.69, 9.17) is 14.2 Å². The van der Waals surface area contributed by atoms with Gasteiger partial charge in [-0.15, -0.1) is 0 Å². The molecule has 0 amide bonds. The van der Waals surface area contributed by atoms with Gasteiger partial charge in [-0.3, -0.25) is 9.59 Å². The van der Waals surface area contributed by atoms with Gasteiger partial charge in [0.25, 0.3) is 0 Å². The van der Waals surface area contributed by atoms with Crippen LogP contribution in [-0.2, 0) is 28.6 Å². The summed E-state index contributed by atoms with van der Waals surface area (Å²) in [5.41, 5.74) is 0. The topological polar surface area (TPSA) is 102 Å². The fourth-order valence-electron chi connectivity index (χ4n) is 4.70. The first-order chi connectivity index (χ1) is 20.1. The largest absolute Gasteiger partial charge is 0.544 e. The fourth-order valence-corrected chi connectivity index (χ4v) is 4.70. The van der Waals surface area contributed by atoms with E-state index in [0.29, 0.717) is 12.8 Å². The molecule has 0 spiro atoms. The Morgan fingerprint density at radius 3 is 1.79 bits per heavy atom. The highest BCUT2D eigenvalue weighted by Crippen LogP contribution is 2.12. The quantitative estimate of drug-likeness (QED) is 0.0432. The Balaban J connectivity index is 4.46. The Morgan fingerprint density at radius 1 is 0.690 bits per heavy atom. The summed E-state index contributed by atoms with van der Waals surface area (Å²) in [5, 5.41) is 11.5. The third-order valence-electron chi connectivity index (χ3n) is 7.40. The van der Waals surface area contributed by atoms with Crippen molar-refractivity contribution in [1.29, 1.82) is 0 Å². The summed E-state index contributed by atoms with van der Waals surface area (Å²) in [6.07, 6.45) is 22.5. The van der Waals surface area contributed by atoms with Gasteiger partial charge in [-0.2, -0.15) is 0 Å². The van der Waals surface area contributed by atoms with Crippen molar-refractivity contribution in [3.05, 3.63) is 12.2 Å². The second-order valence-electron chi connectivity index (χ2n) is 12.4. The van der Waals surface area contributed by atoms with Crippen LogP contribution in [0.5, 0.6) is 0 Å². The third kappa shape index (κ3) is 24.6. The van der Waals surface area contributed by atoms with Gasteiger partial charge < -0.3 is 28.6 Å². The van der Waals surface area contributed by atoms with Crippen LogP contribution >= 0.6 is 0 Å². The van der Waals surface area contributed by atoms with Crippen LogP contribution in [0.4, 0.5) is 0 Å². The Bertz CT molecular complexity index is 717. The van der Waals surface area contributed by atoms with E-state index in [9.17, 15) is 19.5 Å². The van der Waals surface area contributed by atoms with E-state index in [1.165, 1.54) is 51.4 Å². The molecule has 0 saturated heterocycles. The van der Waals surface area contributed by atoms with Crippen molar-refractivity contribution in [2.75, 3.05) is 41.0 Å². The number of hydrogen-bond acceptors (Lipinski definition) is 7. The van der Waals surface area contributed by atoms with Gasteiger partial charge in [0.15, 0.2) is 6.10 Å². The zero-order valence-electron chi connectivity index (χ0n) is 27.7. The molecule has 8 nitrogen and oxygen atoms in total. The monoisotopic (exact) mass is 597 g/mol. The smallest absolute Gasteiger partial charge is 0.306 e. The molecule has 246 valence electrons. The highest BCUT2D eigenvalue weighted by molar-refractivity contribution is 5.70. The average Bonchev–Trinajstić information content (AvgIpc) is 2.92. The van der Waals surface area contributed by atoms with Crippen LogP contribution in [0.1, 0.15) is 136 Å². The van der Waals surface area contributed by atoms with Crippen molar-refractivity contribution >= 4 is 17.9 Å². The number of carboxylic acid groups (broad SMARTS) is 1. The maximum atomic E-state index is 12.5. The predicted octanol–water partition coefficient (Wildman–Crippen LogP) is 6.29. The highest BCUT2D eigenvalue weighted by atomic mass is 16.6. The first-order valence-electron chi connectivity index (χ1n) is 16.7. The Labute approximate surface area is 257 Å². The standard InChI is InChI=1S/C34H63NO7/c1-6-8-10-12-14-15-16-17-19-20-22-24-32(36)41-29-30(28-40-27-26-31(34(38)39)35(3,4)5)42-33(37)25-23-21-18-13-11-9-7-2/h12,14,30-31H,6-11,13,15-29H2,1-5H3/b14-12+. The second kappa shape index (κ2) is 26.7. The van der Waals surface area contributed by atoms with Crippen molar-refractivity contribution in [1.82, 2.24) is 0 Å². The molecule has 0 N–H and O–H groups in total. The summed E-state index contributed by atoms with van der Waals surface area (Å²) < 4.78 is 16.9. The van der Waals surface area contributed by atoms with E-state index in [1.807, 2.05) is 0 Å². The van der Waals surface area contributed by atoms with Crippen LogP contribution in [0.3, 0.4) is 0 Å². The minimum Gasteiger partial charge on any atom is -0.544 e. The van der Waals surface area contributed by atoms with Crippen LogP contribution in [0.15, 0.2) is 12.2 Å². The number of allylic oxidation sites excluding steroid dienone is 2. The average molecular weight is 598 g/mol.